The van der Waals surface area contributed by atoms with Crippen molar-refractivity contribution in [2.45, 2.75) is 219 Å². The summed E-state index contributed by atoms with van der Waals surface area (Å²) in [6, 6.07) is 18.0. The molecule has 6 aliphatic rings. The second-order valence-corrected chi connectivity index (χ2v) is 25.9. The van der Waals surface area contributed by atoms with Crippen molar-refractivity contribution in [3.05, 3.63) is 118 Å². The van der Waals surface area contributed by atoms with Gasteiger partial charge in [-0.3, -0.25) is 4.79 Å². The van der Waals surface area contributed by atoms with E-state index in [0.717, 1.165) is 24.3 Å². The number of phenolic OH excluding ortho intramolecular Hbond substituents is 4. The van der Waals surface area contributed by atoms with Gasteiger partial charge in [0.15, 0.2) is 43.1 Å². The molecular formula is C69H82O35. The predicted octanol–water partition coefficient (Wildman–Crippen LogP) is -2.40. The van der Waals surface area contributed by atoms with Gasteiger partial charge in [0, 0.05) is 29.8 Å². The molecule has 11 rings (SSSR count). The number of hydrogen-bond acceptors (Lipinski definition) is 35. The summed E-state index contributed by atoms with van der Waals surface area (Å²) in [4.78, 5) is 43.2. The number of carbonyl (C=O) groups is 2. The molecule has 6 fully saturated rings. The highest BCUT2D eigenvalue weighted by molar-refractivity contribution is 5.89. The molecule has 104 heavy (non-hydrogen) atoms. The molecule has 0 bridgehead atoms. The van der Waals surface area contributed by atoms with Crippen molar-refractivity contribution in [3.8, 4) is 45.8 Å². The second-order valence-electron chi connectivity index (χ2n) is 25.9. The number of carbonyl (C=O) groups excluding carboxylic acids is 2. The van der Waals surface area contributed by atoms with Gasteiger partial charge in [0.2, 0.25) is 23.8 Å². The van der Waals surface area contributed by atoms with Crippen LogP contribution in [0.4, 0.5) is 0 Å². The van der Waals surface area contributed by atoms with Crippen LogP contribution in [0.3, 0.4) is 0 Å². The fourth-order valence-corrected chi connectivity index (χ4v) is 12.5. The zero-order valence-corrected chi connectivity index (χ0v) is 55.9. The first kappa shape index (κ1) is 77.5. The largest absolute Gasteiger partial charge is 0.508 e. The van der Waals surface area contributed by atoms with Gasteiger partial charge in [0.05, 0.1) is 37.1 Å². The van der Waals surface area contributed by atoms with Crippen molar-refractivity contribution in [3.63, 3.8) is 0 Å². The molecule has 0 saturated carbocycles. The van der Waals surface area contributed by atoms with Crippen molar-refractivity contribution in [1.29, 1.82) is 0 Å². The summed E-state index contributed by atoms with van der Waals surface area (Å²) in [7, 11) is 0. The summed E-state index contributed by atoms with van der Waals surface area (Å²) in [5.74, 6) is -5.52. The van der Waals surface area contributed by atoms with E-state index in [9.17, 15) is 96.4 Å². The number of hydrogen-bond donors (Lipinski definition) is 17. The second kappa shape index (κ2) is 32.6. The van der Waals surface area contributed by atoms with Gasteiger partial charge in [-0.25, -0.2) is 9.59 Å². The minimum absolute atomic E-state index is 0.0596. The van der Waals surface area contributed by atoms with Gasteiger partial charge in [-0.2, -0.15) is 0 Å². The van der Waals surface area contributed by atoms with Crippen LogP contribution in [0.2, 0.25) is 0 Å². The van der Waals surface area contributed by atoms with Gasteiger partial charge in [0.25, 0.3) is 0 Å². The lowest BCUT2D eigenvalue weighted by atomic mass is 9.96. The Hall–Kier alpha value is -7.61. The molecule has 1 aromatic heterocycles. The molecule has 0 radical (unpaired) electrons. The quantitative estimate of drug-likeness (QED) is 0.0285. The molecule has 17 N–H and O–H groups in total. The molecule has 5 aromatic rings. The lowest BCUT2D eigenvalue weighted by Gasteiger charge is -2.48. The minimum Gasteiger partial charge on any atom is -0.508 e. The van der Waals surface area contributed by atoms with E-state index >= 15 is 4.79 Å². The molecule has 0 unspecified atom stereocenters. The Morgan fingerprint density at radius 3 is 1.36 bits per heavy atom. The van der Waals surface area contributed by atoms with E-state index in [0.29, 0.717) is 11.1 Å². The van der Waals surface area contributed by atoms with Crippen LogP contribution in [-0.2, 0) is 66.4 Å². The van der Waals surface area contributed by atoms with Gasteiger partial charge >= 0.3 is 11.9 Å². The Bertz CT molecular complexity index is 3860. The average Bonchev–Trinajstić information content (AvgIpc) is 0.752. The number of ether oxygens (including phenoxy) is 14. The summed E-state index contributed by atoms with van der Waals surface area (Å²) >= 11 is 0. The van der Waals surface area contributed by atoms with Crippen molar-refractivity contribution >= 4 is 35.1 Å². The molecule has 568 valence electrons. The first-order chi connectivity index (χ1) is 49.3. The van der Waals surface area contributed by atoms with E-state index in [1.807, 2.05) is 0 Å². The fraction of sp³-hybridized carbons (Fsp3) is 0.522. The zero-order valence-electron chi connectivity index (χ0n) is 55.9. The highest BCUT2D eigenvalue weighted by atomic mass is 16.8. The Morgan fingerprint density at radius 2 is 0.837 bits per heavy atom. The molecular weight excluding hydrogens is 1390 g/mol. The molecule has 7 heterocycles. The molecule has 4 aromatic carbocycles. The molecule has 0 aliphatic carbocycles. The Balaban J connectivity index is 0.946. The third kappa shape index (κ3) is 16.8. The lowest BCUT2D eigenvalue weighted by molar-refractivity contribution is -0.372. The maximum Gasteiger partial charge on any atom is 0.331 e. The van der Waals surface area contributed by atoms with Crippen LogP contribution in [-0.4, -0.2) is 290 Å². The van der Waals surface area contributed by atoms with Crippen LogP contribution in [0.5, 0.6) is 34.5 Å². The number of esters is 2. The van der Waals surface area contributed by atoms with Crippen LogP contribution in [0, 0.1) is 0 Å². The molecule has 0 amide bonds. The maximum atomic E-state index is 15.4. The predicted molar refractivity (Wildman–Crippen MR) is 346 cm³/mol. The third-order valence-corrected chi connectivity index (χ3v) is 18.5. The van der Waals surface area contributed by atoms with Crippen molar-refractivity contribution in [2.24, 2.45) is 0 Å². The number of benzene rings is 4. The van der Waals surface area contributed by atoms with Crippen molar-refractivity contribution < 1.29 is 167 Å². The van der Waals surface area contributed by atoms with Crippen LogP contribution in [0.15, 0.2) is 106 Å². The van der Waals surface area contributed by atoms with Crippen LogP contribution < -0.4 is 14.9 Å². The number of phenols is 4. The maximum absolute atomic E-state index is 15.4. The standard InChI is InChI=1S/C69H82O35/c1-25-43(76)49(82)52(85)64(91-25)90-24-39-47(80)60(102-66-54(87)51(84)45(78)27(3)93-66)63(100-41(75)21-11-31-8-16-34(71)17-9-31)69(98-39)104-61-48(81)42-37(73)22-36(23-38(42)97-58(61)32-12-18-35(72)19-13-32)96-67-56(89)62(57(29(5)95-67)99-40(74)20-10-30-6-14-33(70)15-7-30)103-68-55(88)59(46(79)28(4)94-68)101-65-53(86)50(83)44(77)26(2)92-65/h6-23,25-29,39,43-47,49-57,59-60,62-73,76-80,82-89H,24H2,1-5H3/t25-,26-,27-,28-,29-,39+,43-,44-,45-,46-,47+,49+,50+,51+,52+,53+,54+,55+,56+,57-,59+,60-,62-,63+,64+,65-,66-,67-,68-,69-/m0/s1. The average molecular weight is 1470 g/mol. The summed E-state index contributed by atoms with van der Waals surface area (Å²) < 4.78 is 90.2. The van der Waals surface area contributed by atoms with Gasteiger partial charge in [-0.15, -0.1) is 0 Å². The summed E-state index contributed by atoms with van der Waals surface area (Å²) in [5, 5.41) is 186. The van der Waals surface area contributed by atoms with Gasteiger partial charge < -0.3 is 158 Å². The number of aliphatic hydroxyl groups is 13. The Kier molecular flexibility index (Phi) is 24.3. The molecule has 6 saturated heterocycles. The van der Waals surface area contributed by atoms with Gasteiger partial charge in [-0.05, 0) is 106 Å². The fourth-order valence-electron chi connectivity index (χ4n) is 12.5. The molecule has 6 aliphatic heterocycles. The van der Waals surface area contributed by atoms with Gasteiger partial charge in [-0.1, -0.05) is 24.3 Å². The van der Waals surface area contributed by atoms with Crippen LogP contribution in [0.1, 0.15) is 45.7 Å². The number of fused-ring (bicyclic) bond motifs is 1. The van der Waals surface area contributed by atoms with Crippen molar-refractivity contribution in [1.82, 2.24) is 0 Å². The summed E-state index contributed by atoms with van der Waals surface area (Å²) in [6.45, 7) is 5.90. The highest BCUT2D eigenvalue weighted by Crippen LogP contribution is 2.42. The number of rotatable bonds is 20. The van der Waals surface area contributed by atoms with Crippen LogP contribution >= 0.6 is 0 Å². The lowest BCUT2D eigenvalue weighted by Crippen LogP contribution is -2.66. The van der Waals surface area contributed by atoms with Crippen molar-refractivity contribution in [2.75, 3.05) is 6.61 Å². The van der Waals surface area contributed by atoms with E-state index in [1.54, 1.807) is 0 Å². The number of aromatic hydroxyl groups is 4. The zero-order chi connectivity index (χ0) is 75.0. The van der Waals surface area contributed by atoms with E-state index in [2.05, 4.69) is 0 Å². The first-order valence-electron chi connectivity index (χ1n) is 33.0. The molecule has 35 heteroatoms. The molecule has 35 nitrogen and oxygen atoms in total. The monoisotopic (exact) mass is 1470 g/mol. The smallest absolute Gasteiger partial charge is 0.331 e. The first-order valence-corrected chi connectivity index (χ1v) is 33.0. The summed E-state index contributed by atoms with van der Waals surface area (Å²) in [5.41, 5.74) is -1.02. The van der Waals surface area contributed by atoms with Gasteiger partial charge in [0.1, 0.15) is 143 Å². The van der Waals surface area contributed by atoms with E-state index in [4.69, 9.17) is 70.7 Å². The molecule has 30 atom stereocenters. The van der Waals surface area contributed by atoms with Crippen LogP contribution in [0.25, 0.3) is 34.4 Å². The SMILES string of the molecule is C[C@@H]1O[C@@H](OC[C@H]2O[C@@H](Oc3c(-c4ccc(O)cc4)oc4cc(O[C@@H]5O[C@@H](C)[C@H](OC(=O)C=Cc6ccc(O)cc6)[C@@H](O[C@@H]6O[C@@H](C)[C@H](O)[C@@H](O[C@@H]7O[C@@H](C)[C@H](O)[C@@H](O)[C@H]7O)[C@H]6O)[C@H]5O)cc(O)c4c3=O)[C@H](OC(=O)C=Cc3ccc(O)cc3)[C@@H](O[C@@H]3O[C@@H](C)[C@H](O)[C@@H](O)[C@H]3O)[C@@H]2O)[C@H](O)[C@H](O)[C@H]1O. The highest BCUT2D eigenvalue weighted by Gasteiger charge is 2.57. The van der Waals surface area contributed by atoms with E-state index in [-0.39, 0.29) is 22.8 Å². The van der Waals surface area contributed by atoms with E-state index in [1.165, 1.54) is 120 Å². The number of aliphatic hydroxyl groups excluding tert-OH is 13. The Labute approximate surface area is 590 Å². The Morgan fingerprint density at radius 1 is 0.413 bits per heavy atom. The normalized spacial score (nSPS) is 38.4. The topological polar surface area (TPSA) is 537 Å². The minimum atomic E-state index is -2.25. The molecule has 0 spiro atoms. The van der Waals surface area contributed by atoms with E-state index < -0.39 is 242 Å². The third-order valence-electron chi connectivity index (χ3n) is 18.5. The summed E-state index contributed by atoms with van der Waals surface area (Å²) in [6.07, 6.45) is -48.7.